The molecule has 0 bridgehead atoms. The average Bonchev–Trinajstić information content (AvgIpc) is 1.85. The van der Waals surface area contributed by atoms with E-state index in [4.69, 9.17) is 16.2 Å². The molecule has 5 nitrogen and oxygen atoms in total. The van der Waals surface area contributed by atoms with Crippen molar-refractivity contribution in [2.24, 2.45) is 0 Å². The van der Waals surface area contributed by atoms with Gasteiger partial charge in [-0.2, -0.15) is 8.42 Å². The number of rotatable bonds is 4. The van der Waals surface area contributed by atoms with Gasteiger partial charge in [0.05, 0.1) is 5.75 Å². The lowest BCUT2D eigenvalue weighted by molar-refractivity contribution is -0.118. The molecule has 1 amide bonds. The number of alkyl halides is 1. The molecule has 7 heteroatoms. The van der Waals surface area contributed by atoms with E-state index in [1.807, 2.05) is 0 Å². The van der Waals surface area contributed by atoms with Gasteiger partial charge in [-0.15, -0.1) is 11.6 Å². The zero-order valence-electron chi connectivity index (χ0n) is 5.58. The van der Waals surface area contributed by atoms with E-state index >= 15 is 0 Å². The minimum atomic E-state index is -3.99. The van der Waals surface area contributed by atoms with Crippen molar-refractivity contribution < 1.29 is 17.8 Å². The molecular weight excluding hydrogens is 194 g/mol. The first kappa shape index (κ1) is 10.7. The summed E-state index contributed by atoms with van der Waals surface area (Å²) in [5, 5.41) is 2.18. The van der Waals surface area contributed by atoms with Gasteiger partial charge in [-0.05, 0) is 0 Å². The van der Waals surface area contributed by atoms with Crippen LogP contribution in [0.2, 0.25) is 0 Å². The van der Waals surface area contributed by atoms with Crippen molar-refractivity contribution in [1.29, 1.82) is 0 Å². The summed E-state index contributed by atoms with van der Waals surface area (Å²) in [6, 6.07) is 0. The molecule has 0 atom stereocenters. The highest BCUT2D eigenvalue weighted by molar-refractivity contribution is 7.85. The van der Waals surface area contributed by atoms with Gasteiger partial charge in [0.1, 0.15) is 5.88 Å². The molecule has 0 heterocycles. The molecule has 11 heavy (non-hydrogen) atoms. The zero-order valence-corrected chi connectivity index (χ0v) is 7.15. The van der Waals surface area contributed by atoms with Crippen molar-refractivity contribution >= 4 is 27.6 Å². The van der Waals surface area contributed by atoms with Crippen LogP contribution >= 0.6 is 11.6 Å². The lowest BCUT2D eigenvalue weighted by Gasteiger charge is -1.99. The van der Waals surface area contributed by atoms with Crippen LogP contribution < -0.4 is 5.32 Å². The zero-order chi connectivity index (χ0) is 8.91. The first-order valence-corrected chi connectivity index (χ1v) is 4.88. The molecule has 0 aliphatic heterocycles. The van der Waals surface area contributed by atoms with Crippen molar-refractivity contribution in [3.05, 3.63) is 0 Å². The van der Waals surface area contributed by atoms with E-state index in [-0.39, 0.29) is 12.4 Å². The van der Waals surface area contributed by atoms with Gasteiger partial charge in [0.15, 0.2) is 0 Å². The van der Waals surface area contributed by atoms with Crippen molar-refractivity contribution in [3.8, 4) is 0 Å². The van der Waals surface area contributed by atoms with Crippen LogP contribution in [0.1, 0.15) is 0 Å². The largest absolute Gasteiger partial charge is 0.354 e. The Morgan fingerprint density at radius 1 is 1.55 bits per heavy atom. The van der Waals surface area contributed by atoms with Gasteiger partial charge in [0, 0.05) is 6.54 Å². The molecule has 0 aliphatic rings. The van der Waals surface area contributed by atoms with Gasteiger partial charge in [-0.3, -0.25) is 9.35 Å². The molecule has 2 N–H and O–H groups in total. The molecule has 66 valence electrons. The van der Waals surface area contributed by atoms with Crippen molar-refractivity contribution in [2.75, 3.05) is 18.2 Å². The number of carbonyl (C=O) groups is 1. The molecular formula is C4H8ClNO4S. The van der Waals surface area contributed by atoms with Gasteiger partial charge >= 0.3 is 0 Å². The van der Waals surface area contributed by atoms with Crippen LogP contribution in [0.25, 0.3) is 0 Å². The summed E-state index contributed by atoms with van der Waals surface area (Å²) >= 11 is 5.08. The molecule has 0 unspecified atom stereocenters. The Hall–Kier alpha value is -0.330. The highest BCUT2D eigenvalue weighted by Crippen LogP contribution is 1.79. The van der Waals surface area contributed by atoms with Gasteiger partial charge in [0.25, 0.3) is 10.1 Å². The molecule has 0 fully saturated rings. The maximum absolute atomic E-state index is 10.4. The molecule has 0 saturated carbocycles. The second-order valence-electron chi connectivity index (χ2n) is 1.77. The predicted octanol–water partition coefficient (Wildman–Crippen LogP) is -0.771. The first-order valence-electron chi connectivity index (χ1n) is 2.73. The van der Waals surface area contributed by atoms with E-state index in [2.05, 4.69) is 5.32 Å². The molecule has 0 saturated heterocycles. The van der Waals surface area contributed by atoms with E-state index in [1.165, 1.54) is 0 Å². The summed E-state index contributed by atoms with van der Waals surface area (Å²) in [4.78, 5) is 10.4. The fraction of sp³-hybridized carbons (Fsp3) is 0.750. The van der Waals surface area contributed by atoms with Gasteiger partial charge < -0.3 is 5.32 Å². The predicted molar refractivity (Wildman–Crippen MR) is 40.1 cm³/mol. The number of hydrogen-bond acceptors (Lipinski definition) is 3. The maximum atomic E-state index is 10.4. The first-order chi connectivity index (χ1) is 4.95. The van der Waals surface area contributed by atoms with Crippen LogP contribution in [0.3, 0.4) is 0 Å². The normalized spacial score (nSPS) is 11.1. The molecule has 0 rings (SSSR count). The van der Waals surface area contributed by atoms with E-state index in [0.29, 0.717) is 0 Å². The molecule has 0 radical (unpaired) electrons. The third-order valence-electron chi connectivity index (χ3n) is 0.804. The van der Waals surface area contributed by atoms with Crippen LogP contribution in [0.15, 0.2) is 0 Å². The van der Waals surface area contributed by atoms with E-state index in [9.17, 15) is 13.2 Å². The average molecular weight is 202 g/mol. The van der Waals surface area contributed by atoms with Gasteiger partial charge in [-0.1, -0.05) is 0 Å². The molecule has 0 spiro atoms. The van der Waals surface area contributed by atoms with Crippen LogP contribution in [0, 0.1) is 0 Å². The molecule has 0 aromatic rings. The van der Waals surface area contributed by atoms with Crippen LogP contribution in [0.5, 0.6) is 0 Å². The fourth-order valence-corrected chi connectivity index (χ4v) is 0.821. The minimum Gasteiger partial charge on any atom is -0.354 e. The number of amides is 1. The third kappa shape index (κ3) is 7.57. The lowest BCUT2D eigenvalue weighted by Crippen LogP contribution is -2.29. The van der Waals surface area contributed by atoms with Gasteiger partial charge in [0.2, 0.25) is 5.91 Å². The second-order valence-corrected chi connectivity index (χ2v) is 3.61. The highest BCUT2D eigenvalue weighted by atomic mass is 35.5. The summed E-state index contributed by atoms with van der Waals surface area (Å²) in [5.41, 5.74) is 0. The van der Waals surface area contributed by atoms with E-state index in [1.54, 1.807) is 0 Å². The SMILES string of the molecule is O=C(CCl)NCCS(=O)(=O)O. The van der Waals surface area contributed by atoms with Crippen LogP contribution in [-0.2, 0) is 14.9 Å². The van der Waals surface area contributed by atoms with Crippen molar-refractivity contribution in [1.82, 2.24) is 5.32 Å². The Bertz CT molecular complexity index is 224. The second kappa shape index (κ2) is 4.53. The Morgan fingerprint density at radius 3 is 2.45 bits per heavy atom. The Kier molecular flexibility index (Phi) is 4.39. The summed E-state index contributed by atoms with van der Waals surface area (Å²) < 4.78 is 28.3. The number of halogens is 1. The smallest absolute Gasteiger partial charge is 0.266 e. The van der Waals surface area contributed by atoms with Gasteiger partial charge in [-0.25, -0.2) is 0 Å². The number of nitrogens with one attached hydrogen (secondary N) is 1. The summed E-state index contributed by atoms with van der Waals surface area (Å²) in [6.07, 6.45) is 0. The van der Waals surface area contributed by atoms with Crippen molar-refractivity contribution in [2.45, 2.75) is 0 Å². The van der Waals surface area contributed by atoms with E-state index in [0.717, 1.165) is 0 Å². The fourth-order valence-electron chi connectivity index (χ4n) is 0.367. The highest BCUT2D eigenvalue weighted by Gasteiger charge is 2.04. The summed E-state index contributed by atoms with van der Waals surface area (Å²) in [7, 11) is -3.99. The third-order valence-corrected chi connectivity index (χ3v) is 1.77. The van der Waals surface area contributed by atoms with Crippen LogP contribution in [0.4, 0.5) is 0 Å². The molecule has 0 aliphatic carbocycles. The molecule has 0 aromatic heterocycles. The quantitative estimate of drug-likeness (QED) is 0.462. The minimum absolute atomic E-state index is 0.121. The maximum Gasteiger partial charge on any atom is 0.266 e. The number of carbonyl (C=O) groups excluding carboxylic acids is 1. The standard InChI is InChI=1S/C4H8ClNO4S/c5-3-4(7)6-1-2-11(8,9)10/h1-3H2,(H,6,7)(H,8,9,10). The Labute approximate surface area is 69.5 Å². The topological polar surface area (TPSA) is 83.5 Å². The Morgan fingerprint density at radius 2 is 2.09 bits per heavy atom. The lowest BCUT2D eigenvalue weighted by atomic mass is 10.6. The van der Waals surface area contributed by atoms with E-state index < -0.39 is 21.8 Å². The monoisotopic (exact) mass is 201 g/mol. The molecule has 0 aromatic carbocycles. The number of hydrogen-bond donors (Lipinski definition) is 2. The van der Waals surface area contributed by atoms with Crippen LogP contribution in [-0.4, -0.2) is 37.1 Å². The van der Waals surface area contributed by atoms with Crippen molar-refractivity contribution in [3.63, 3.8) is 0 Å². The summed E-state index contributed by atoms with van der Waals surface area (Å²) in [5.74, 6) is -1.17. The summed E-state index contributed by atoms with van der Waals surface area (Å²) in [6.45, 7) is -0.121. The Balaban J connectivity index is 3.51.